The van der Waals surface area contributed by atoms with E-state index in [2.05, 4.69) is 35.6 Å². The molecule has 4 aromatic heterocycles. The van der Waals surface area contributed by atoms with E-state index in [-0.39, 0.29) is 4.90 Å². The van der Waals surface area contributed by atoms with Gasteiger partial charge >= 0.3 is 0 Å². The zero-order valence-corrected chi connectivity index (χ0v) is 19.0. The highest BCUT2D eigenvalue weighted by molar-refractivity contribution is 7.90. The van der Waals surface area contributed by atoms with Crippen molar-refractivity contribution in [3.63, 3.8) is 0 Å². The van der Waals surface area contributed by atoms with E-state index in [4.69, 9.17) is 0 Å². The number of fused-ring (bicyclic) bond motifs is 1. The van der Waals surface area contributed by atoms with Crippen molar-refractivity contribution in [2.45, 2.75) is 11.4 Å². The van der Waals surface area contributed by atoms with E-state index in [1.165, 1.54) is 17.6 Å². The molecule has 0 unspecified atom stereocenters. The van der Waals surface area contributed by atoms with Gasteiger partial charge in [-0.05, 0) is 36.4 Å². The molecule has 0 radical (unpaired) electrons. The Morgan fingerprint density at radius 1 is 1.03 bits per heavy atom. The fraction of sp³-hybridized carbons (Fsp3) is 0.0952. The Bertz CT molecular complexity index is 1500. The first kappa shape index (κ1) is 21.0. The van der Waals surface area contributed by atoms with Gasteiger partial charge in [0.25, 0.3) is 0 Å². The molecule has 10 nitrogen and oxygen atoms in total. The van der Waals surface area contributed by atoms with Crippen molar-refractivity contribution in [3.05, 3.63) is 71.6 Å². The lowest BCUT2D eigenvalue weighted by molar-refractivity contribution is 0.602. The first-order chi connectivity index (χ1) is 16.0. The molecule has 0 fully saturated rings. The van der Waals surface area contributed by atoms with Gasteiger partial charge in [-0.25, -0.2) is 18.4 Å². The van der Waals surface area contributed by atoms with E-state index in [1.54, 1.807) is 46.9 Å². The fourth-order valence-electron chi connectivity index (χ4n) is 3.15. The lowest BCUT2D eigenvalue weighted by Crippen LogP contribution is -2.08. The van der Waals surface area contributed by atoms with E-state index in [9.17, 15) is 8.42 Å². The quantitative estimate of drug-likeness (QED) is 0.361. The Morgan fingerprint density at radius 3 is 2.58 bits per heavy atom. The minimum atomic E-state index is -3.28. The van der Waals surface area contributed by atoms with Crippen LogP contribution in [0.2, 0.25) is 0 Å². The van der Waals surface area contributed by atoms with Crippen LogP contribution in [0.3, 0.4) is 0 Å². The van der Waals surface area contributed by atoms with Crippen LogP contribution in [0.25, 0.3) is 17.0 Å². The van der Waals surface area contributed by atoms with Crippen LogP contribution in [0, 0.1) is 0 Å². The lowest BCUT2D eigenvalue weighted by Gasteiger charge is -2.11. The molecule has 0 amide bonds. The topological polar surface area (TPSA) is 128 Å². The van der Waals surface area contributed by atoms with Crippen LogP contribution in [0.15, 0.2) is 70.8 Å². The van der Waals surface area contributed by atoms with E-state index in [1.807, 2.05) is 23.6 Å². The van der Waals surface area contributed by atoms with Gasteiger partial charge in [0.15, 0.2) is 32.6 Å². The summed E-state index contributed by atoms with van der Waals surface area (Å²) in [6.45, 7) is 0.444. The minimum Gasteiger partial charge on any atom is -0.348 e. The molecule has 0 aliphatic carbocycles. The molecule has 4 heterocycles. The summed E-state index contributed by atoms with van der Waals surface area (Å²) < 4.78 is 25.3. The maximum Gasteiger partial charge on any atom is 0.227 e. The Labute approximate surface area is 193 Å². The van der Waals surface area contributed by atoms with Crippen LogP contribution in [0.5, 0.6) is 0 Å². The van der Waals surface area contributed by atoms with Gasteiger partial charge in [0, 0.05) is 23.5 Å². The zero-order chi connectivity index (χ0) is 22.8. The van der Waals surface area contributed by atoms with Gasteiger partial charge in [-0.1, -0.05) is 6.07 Å². The summed E-state index contributed by atoms with van der Waals surface area (Å²) in [5, 5.41) is 8.34. The number of benzene rings is 1. The molecule has 1 aromatic carbocycles. The highest BCUT2D eigenvalue weighted by atomic mass is 32.2. The number of aromatic nitrogens is 6. The molecule has 2 N–H and O–H groups in total. The van der Waals surface area contributed by atoms with Gasteiger partial charge in [-0.15, -0.1) is 11.3 Å². The largest absolute Gasteiger partial charge is 0.348 e. The minimum absolute atomic E-state index is 0.242. The molecule has 0 saturated carbocycles. The Morgan fingerprint density at radius 2 is 1.88 bits per heavy atom. The van der Waals surface area contributed by atoms with Gasteiger partial charge in [0.05, 0.1) is 22.6 Å². The summed E-state index contributed by atoms with van der Waals surface area (Å²) in [5.74, 6) is 1.57. The molecule has 12 heteroatoms. The number of sulfone groups is 1. The molecule has 0 saturated heterocycles. The first-order valence-electron chi connectivity index (χ1n) is 9.82. The van der Waals surface area contributed by atoms with Crippen molar-refractivity contribution < 1.29 is 8.42 Å². The fourth-order valence-corrected chi connectivity index (χ4v) is 4.31. The van der Waals surface area contributed by atoms with Gasteiger partial charge in [0.2, 0.25) is 5.95 Å². The zero-order valence-electron chi connectivity index (χ0n) is 17.4. The predicted octanol–water partition coefficient (Wildman–Crippen LogP) is 3.43. The standard InChI is InChI=1S/C21H18N8O2S2/c1-33(30,31)16-7-5-14(6-8-16)26-19-18-20(29(12-24-18)17-11-32-13-25-17)28-21(27-19)23-10-15-4-2-3-9-22-15/h2-9,11-13H,10H2,1H3,(H2,23,26,27,28). The Balaban J connectivity index is 1.53. The smallest absolute Gasteiger partial charge is 0.227 e. The average Bonchev–Trinajstić information content (AvgIpc) is 3.48. The van der Waals surface area contributed by atoms with Crippen molar-refractivity contribution in [3.8, 4) is 5.82 Å². The van der Waals surface area contributed by atoms with Crippen LogP contribution in [-0.2, 0) is 16.4 Å². The Kier molecular flexibility index (Phi) is 5.44. The molecule has 0 atom stereocenters. The van der Waals surface area contributed by atoms with Crippen molar-refractivity contribution in [2.75, 3.05) is 16.9 Å². The van der Waals surface area contributed by atoms with E-state index < -0.39 is 9.84 Å². The van der Waals surface area contributed by atoms with Crippen LogP contribution < -0.4 is 10.6 Å². The van der Waals surface area contributed by atoms with Crippen molar-refractivity contribution in [1.29, 1.82) is 0 Å². The summed E-state index contributed by atoms with van der Waals surface area (Å²) in [4.78, 5) is 22.7. The average molecular weight is 479 g/mol. The molecule has 5 rings (SSSR count). The van der Waals surface area contributed by atoms with Crippen molar-refractivity contribution in [2.24, 2.45) is 0 Å². The van der Waals surface area contributed by atoms with Gasteiger partial charge in [-0.2, -0.15) is 9.97 Å². The number of hydrogen-bond acceptors (Lipinski definition) is 10. The molecule has 166 valence electrons. The molecule has 0 aliphatic rings. The first-order valence-corrected chi connectivity index (χ1v) is 12.7. The maximum atomic E-state index is 11.8. The van der Waals surface area contributed by atoms with E-state index in [0.29, 0.717) is 41.0 Å². The number of anilines is 3. The second-order valence-corrected chi connectivity index (χ2v) is 9.86. The summed E-state index contributed by atoms with van der Waals surface area (Å²) >= 11 is 1.48. The second kappa shape index (κ2) is 8.56. The highest BCUT2D eigenvalue weighted by Crippen LogP contribution is 2.27. The van der Waals surface area contributed by atoms with Gasteiger partial charge in [-0.3, -0.25) is 9.55 Å². The normalized spacial score (nSPS) is 11.5. The Hall–Kier alpha value is -3.90. The summed E-state index contributed by atoms with van der Waals surface area (Å²) in [6.07, 6.45) is 4.55. The number of nitrogens with zero attached hydrogens (tertiary/aromatic N) is 6. The number of nitrogens with one attached hydrogen (secondary N) is 2. The van der Waals surface area contributed by atoms with Crippen molar-refractivity contribution in [1.82, 2.24) is 29.5 Å². The molecular weight excluding hydrogens is 460 g/mol. The van der Waals surface area contributed by atoms with Crippen molar-refractivity contribution >= 4 is 49.8 Å². The summed E-state index contributed by atoms with van der Waals surface area (Å²) in [6, 6.07) is 12.1. The third-order valence-corrected chi connectivity index (χ3v) is 6.46. The SMILES string of the molecule is CS(=O)(=O)c1ccc(Nc2nc(NCc3ccccn3)nc3c2ncn3-c2cscn2)cc1. The number of imidazole rings is 1. The number of thiazole rings is 1. The molecule has 0 aliphatic heterocycles. The molecular formula is C21H18N8O2S2. The maximum absolute atomic E-state index is 11.8. The number of rotatable bonds is 7. The third-order valence-electron chi connectivity index (χ3n) is 4.76. The molecule has 0 spiro atoms. The monoisotopic (exact) mass is 478 g/mol. The molecule has 0 bridgehead atoms. The predicted molar refractivity (Wildman–Crippen MR) is 127 cm³/mol. The number of hydrogen-bond donors (Lipinski definition) is 2. The van der Waals surface area contributed by atoms with Crippen LogP contribution in [0.4, 0.5) is 17.5 Å². The lowest BCUT2D eigenvalue weighted by atomic mass is 10.3. The van der Waals surface area contributed by atoms with Gasteiger partial charge < -0.3 is 10.6 Å². The van der Waals surface area contributed by atoms with E-state index in [0.717, 1.165) is 5.69 Å². The van der Waals surface area contributed by atoms with Crippen LogP contribution in [0.1, 0.15) is 5.69 Å². The highest BCUT2D eigenvalue weighted by Gasteiger charge is 2.16. The van der Waals surface area contributed by atoms with E-state index >= 15 is 0 Å². The van der Waals surface area contributed by atoms with Gasteiger partial charge in [0.1, 0.15) is 6.33 Å². The molecule has 33 heavy (non-hydrogen) atoms. The number of pyridine rings is 1. The molecule has 5 aromatic rings. The van der Waals surface area contributed by atoms with Crippen LogP contribution >= 0.6 is 11.3 Å². The third kappa shape index (κ3) is 4.52. The summed E-state index contributed by atoms with van der Waals surface area (Å²) in [7, 11) is -3.28. The second-order valence-electron chi connectivity index (χ2n) is 7.13. The van der Waals surface area contributed by atoms with Crippen LogP contribution in [-0.4, -0.2) is 44.2 Å². The summed E-state index contributed by atoms with van der Waals surface area (Å²) in [5.41, 5.74) is 4.39.